The van der Waals surface area contributed by atoms with E-state index >= 15 is 0 Å². The van der Waals surface area contributed by atoms with Crippen LogP contribution >= 0.6 is 11.3 Å². The highest BCUT2D eigenvalue weighted by Crippen LogP contribution is 2.26. The van der Waals surface area contributed by atoms with Gasteiger partial charge in [-0.25, -0.2) is 0 Å². The highest BCUT2D eigenvalue weighted by atomic mass is 32.1. The van der Waals surface area contributed by atoms with Crippen molar-refractivity contribution < 1.29 is 4.79 Å². The van der Waals surface area contributed by atoms with E-state index in [0.717, 1.165) is 28.4 Å². The Kier molecular flexibility index (Phi) is 2.98. The minimum absolute atomic E-state index is 0.0327. The fourth-order valence-corrected chi connectivity index (χ4v) is 2.42. The van der Waals surface area contributed by atoms with Crippen molar-refractivity contribution in [3.8, 4) is 0 Å². The Hall–Kier alpha value is -1.88. The maximum absolute atomic E-state index is 11.8. The summed E-state index contributed by atoms with van der Waals surface area (Å²) in [5.41, 5.74) is 0.973. The molecular formula is C13H13N3OS. The molecule has 0 atom stereocenters. The maximum atomic E-state index is 11.8. The molecule has 2 heterocycles. The molecule has 1 aliphatic carbocycles. The summed E-state index contributed by atoms with van der Waals surface area (Å²) >= 11 is 1.46. The Morgan fingerprint density at radius 2 is 2.00 bits per heavy atom. The topological polar surface area (TPSA) is 54.0 Å². The molecule has 3 rings (SSSR count). The average molecular weight is 259 g/mol. The molecule has 1 amide bonds. The van der Waals surface area contributed by atoms with Crippen LogP contribution in [-0.4, -0.2) is 16.9 Å². The van der Waals surface area contributed by atoms with Crippen molar-refractivity contribution in [3.05, 3.63) is 41.5 Å². The fourth-order valence-electron chi connectivity index (χ4n) is 1.59. The van der Waals surface area contributed by atoms with Crippen LogP contribution < -0.4 is 10.6 Å². The Bertz CT molecular complexity index is 548. The van der Waals surface area contributed by atoms with Crippen LogP contribution in [0.5, 0.6) is 0 Å². The second-order valence-electron chi connectivity index (χ2n) is 4.27. The number of anilines is 2. The first-order valence-corrected chi connectivity index (χ1v) is 6.71. The predicted molar refractivity (Wildman–Crippen MR) is 72.3 cm³/mol. The molecule has 5 heteroatoms. The number of nitrogens with zero attached hydrogens (tertiary/aromatic N) is 1. The van der Waals surface area contributed by atoms with Crippen molar-refractivity contribution in [3.63, 3.8) is 0 Å². The molecule has 0 spiro atoms. The van der Waals surface area contributed by atoms with Gasteiger partial charge in [-0.05, 0) is 37.1 Å². The average Bonchev–Trinajstić information content (AvgIpc) is 3.07. The lowest BCUT2D eigenvalue weighted by molar-refractivity contribution is 0.0955. The molecule has 4 nitrogen and oxygen atoms in total. The molecule has 0 aliphatic heterocycles. The van der Waals surface area contributed by atoms with Gasteiger partial charge in [0.15, 0.2) is 0 Å². The smallest absolute Gasteiger partial charge is 0.261 e. The molecule has 2 aromatic rings. The van der Waals surface area contributed by atoms with Gasteiger partial charge in [0.05, 0.1) is 9.88 Å². The van der Waals surface area contributed by atoms with Crippen molar-refractivity contribution >= 4 is 27.9 Å². The van der Waals surface area contributed by atoms with Crippen LogP contribution in [0.4, 0.5) is 10.7 Å². The third-order valence-electron chi connectivity index (χ3n) is 2.69. The summed E-state index contributed by atoms with van der Waals surface area (Å²) < 4.78 is 0. The van der Waals surface area contributed by atoms with E-state index in [1.807, 2.05) is 24.3 Å². The molecule has 2 N–H and O–H groups in total. The van der Waals surface area contributed by atoms with Crippen LogP contribution in [-0.2, 0) is 0 Å². The number of carbonyl (C=O) groups is 1. The zero-order valence-corrected chi connectivity index (χ0v) is 10.5. The second-order valence-corrected chi connectivity index (χ2v) is 5.36. The van der Waals surface area contributed by atoms with Crippen LogP contribution in [0.1, 0.15) is 22.5 Å². The van der Waals surface area contributed by atoms with Gasteiger partial charge >= 0.3 is 0 Å². The lowest BCUT2D eigenvalue weighted by Gasteiger charge is -2.02. The van der Waals surface area contributed by atoms with Crippen molar-refractivity contribution in [1.82, 2.24) is 10.3 Å². The molecule has 0 bridgehead atoms. The number of carbonyl (C=O) groups excluding carboxylic acids is 1. The largest absolute Gasteiger partial charge is 0.349 e. The van der Waals surface area contributed by atoms with Crippen molar-refractivity contribution in [2.75, 3.05) is 5.32 Å². The van der Waals surface area contributed by atoms with E-state index in [4.69, 9.17) is 0 Å². The molecule has 92 valence electrons. The van der Waals surface area contributed by atoms with Gasteiger partial charge in [-0.1, -0.05) is 0 Å². The number of amides is 1. The molecule has 1 saturated carbocycles. The summed E-state index contributed by atoms with van der Waals surface area (Å²) in [4.78, 5) is 16.5. The Morgan fingerprint density at radius 1 is 1.22 bits per heavy atom. The monoisotopic (exact) mass is 259 g/mol. The summed E-state index contributed by atoms with van der Waals surface area (Å²) in [7, 11) is 0. The number of hydrogen-bond donors (Lipinski definition) is 2. The lowest BCUT2D eigenvalue weighted by Crippen LogP contribution is -2.24. The zero-order chi connectivity index (χ0) is 12.4. The number of rotatable bonds is 4. The molecule has 0 radical (unpaired) electrons. The van der Waals surface area contributed by atoms with E-state index in [1.165, 1.54) is 11.3 Å². The maximum Gasteiger partial charge on any atom is 0.261 e. The van der Waals surface area contributed by atoms with E-state index in [9.17, 15) is 4.79 Å². The quantitative estimate of drug-likeness (QED) is 0.887. The first-order chi connectivity index (χ1) is 8.81. The Labute approximate surface area is 109 Å². The third kappa shape index (κ3) is 2.68. The van der Waals surface area contributed by atoms with E-state index in [0.29, 0.717) is 6.04 Å². The van der Waals surface area contributed by atoms with Gasteiger partial charge in [-0.2, -0.15) is 0 Å². The van der Waals surface area contributed by atoms with Gasteiger partial charge in [0.1, 0.15) is 0 Å². The first-order valence-electron chi connectivity index (χ1n) is 5.89. The van der Waals surface area contributed by atoms with Gasteiger partial charge in [-0.3, -0.25) is 9.78 Å². The highest BCUT2D eigenvalue weighted by molar-refractivity contribution is 7.18. The molecular weight excluding hydrogens is 246 g/mol. The van der Waals surface area contributed by atoms with Crippen molar-refractivity contribution in [2.24, 2.45) is 0 Å². The van der Waals surface area contributed by atoms with Gasteiger partial charge in [-0.15, -0.1) is 11.3 Å². The number of nitrogens with one attached hydrogen (secondary N) is 2. The van der Waals surface area contributed by atoms with E-state index in [-0.39, 0.29) is 5.91 Å². The SMILES string of the molecule is O=C(NC1CC1)c1ccc(Nc2ccncc2)s1. The first kappa shape index (κ1) is 11.2. The van der Waals surface area contributed by atoms with Crippen LogP contribution in [0.3, 0.4) is 0 Å². The van der Waals surface area contributed by atoms with Gasteiger partial charge < -0.3 is 10.6 Å². The minimum Gasteiger partial charge on any atom is -0.349 e. The van der Waals surface area contributed by atoms with Crippen molar-refractivity contribution in [1.29, 1.82) is 0 Å². The van der Waals surface area contributed by atoms with E-state index in [2.05, 4.69) is 15.6 Å². The van der Waals surface area contributed by atoms with E-state index < -0.39 is 0 Å². The summed E-state index contributed by atoms with van der Waals surface area (Å²) in [5.74, 6) is 0.0327. The summed E-state index contributed by atoms with van der Waals surface area (Å²) in [5, 5.41) is 7.19. The third-order valence-corrected chi connectivity index (χ3v) is 3.69. The molecule has 1 fully saturated rings. The lowest BCUT2D eigenvalue weighted by atomic mass is 10.4. The summed E-state index contributed by atoms with van der Waals surface area (Å²) in [6.07, 6.45) is 5.69. The zero-order valence-electron chi connectivity index (χ0n) is 9.72. The Morgan fingerprint density at radius 3 is 2.72 bits per heavy atom. The van der Waals surface area contributed by atoms with Crippen LogP contribution in [0.25, 0.3) is 0 Å². The van der Waals surface area contributed by atoms with Crippen LogP contribution in [0.15, 0.2) is 36.7 Å². The summed E-state index contributed by atoms with van der Waals surface area (Å²) in [6, 6.07) is 7.96. The molecule has 2 aromatic heterocycles. The number of pyridine rings is 1. The minimum atomic E-state index is 0.0327. The molecule has 0 aromatic carbocycles. The normalized spacial score (nSPS) is 14.2. The van der Waals surface area contributed by atoms with Crippen LogP contribution in [0.2, 0.25) is 0 Å². The molecule has 1 aliphatic rings. The number of hydrogen-bond acceptors (Lipinski definition) is 4. The predicted octanol–water partition coefficient (Wildman–Crippen LogP) is 2.78. The van der Waals surface area contributed by atoms with Crippen molar-refractivity contribution in [2.45, 2.75) is 18.9 Å². The highest BCUT2D eigenvalue weighted by Gasteiger charge is 2.24. The number of aromatic nitrogens is 1. The summed E-state index contributed by atoms with van der Waals surface area (Å²) in [6.45, 7) is 0. The Balaban J connectivity index is 1.67. The second kappa shape index (κ2) is 4.78. The number of thiophene rings is 1. The van der Waals surface area contributed by atoms with Crippen LogP contribution in [0, 0.1) is 0 Å². The van der Waals surface area contributed by atoms with Gasteiger partial charge in [0.25, 0.3) is 5.91 Å². The molecule has 18 heavy (non-hydrogen) atoms. The van der Waals surface area contributed by atoms with E-state index in [1.54, 1.807) is 12.4 Å². The fraction of sp³-hybridized carbons (Fsp3) is 0.231. The standard InChI is InChI=1S/C13H13N3OS/c17-13(16-9-1-2-9)11-3-4-12(18-11)15-10-5-7-14-8-6-10/h3-9H,1-2H2,(H,14,15)(H,16,17). The van der Waals surface area contributed by atoms with Gasteiger partial charge in [0.2, 0.25) is 0 Å². The molecule has 0 unspecified atom stereocenters. The molecule has 0 saturated heterocycles. The van der Waals surface area contributed by atoms with Gasteiger partial charge in [0, 0.05) is 24.1 Å².